The molecule has 0 radical (unpaired) electrons. The average Bonchev–Trinajstić information content (AvgIpc) is 2.75. The quantitative estimate of drug-likeness (QED) is 0.645. The predicted octanol–water partition coefficient (Wildman–Crippen LogP) is 4.27. The second kappa shape index (κ2) is 8.49. The zero-order valence-electron chi connectivity index (χ0n) is 16.0. The van der Waals surface area contributed by atoms with Crippen LogP contribution in [0.15, 0.2) is 67.0 Å². The summed E-state index contributed by atoms with van der Waals surface area (Å²) in [5, 5.41) is 0.622. The molecule has 3 aromatic rings. The van der Waals surface area contributed by atoms with Gasteiger partial charge >= 0.3 is 0 Å². The maximum Gasteiger partial charge on any atom is 0.254 e. The number of hydrogen-bond donors (Lipinski definition) is 0. The number of ether oxygens (including phenoxy) is 1. The fourth-order valence-corrected chi connectivity index (χ4v) is 3.52. The van der Waals surface area contributed by atoms with Gasteiger partial charge in [-0.15, -0.1) is 0 Å². The van der Waals surface area contributed by atoms with Crippen LogP contribution in [0, 0.1) is 0 Å². The molecule has 29 heavy (non-hydrogen) atoms. The highest BCUT2D eigenvalue weighted by molar-refractivity contribution is 6.30. The number of nitrogens with zero attached hydrogens (tertiary/aromatic N) is 4. The summed E-state index contributed by atoms with van der Waals surface area (Å²) in [5.41, 5.74) is 0.648. The topological polar surface area (TPSA) is 58.6 Å². The van der Waals surface area contributed by atoms with Crippen LogP contribution < -0.4 is 9.64 Å². The molecular formula is C22H21ClN4O2. The number of benzene rings is 2. The van der Waals surface area contributed by atoms with Crippen molar-refractivity contribution in [2.45, 2.75) is 13.0 Å². The van der Waals surface area contributed by atoms with Crippen molar-refractivity contribution in [3.8, 4) is 11.6 Å². The van der Waals surface area contributed by atoms with Crippen LogP contribution in [0.25, 0.3) is 0 Å². The summed E-state index contributed by atoms with van der Waals surface area (Å²) in [4.78, 5) is 25.5. The van der Waals surface area contributed by atoms with Gasteiger partial charge in [0.05, 0.1) is 0 Å². The van der Waals surface area contributed by atoms with E-state index < -0.39 is 0 Å². The van der Waals surface area contributed by atoms with Gasteiger partial charge < -0.3 is 14.5 Å². The van der Waals surface area contributed by atoms with Crippen LogP contribution in [0.5, 0.6) is 11.6 Å². The van der Waals surface area contributed by atoms with Crippen molar-refractivity contribution < 1.29 is 9.53 Å². The molecule has 0 aliphatic carbocycles. The fourth-order valence-electron chi connectivity index (χ4n) is 3.39. The number of amides is 1. The number of carbonyl (C=O) groups excluding carboxylic acids is 1. The van der Waals surface area contributed by atoms with Crippen LogP contribution in [0.4, 0.5) is 5.82 Å². The molecule has 1 aliphatic heterocycles. The molecule has 4 rings (SSSR count). The Kier molecular flexibility index (Phi) is 5.62. The molecule has 1 atom stereocenters. The van der Waals surface area contributed by atoms with E-state index in [9.17, 15) is 4.79 Å². The first kappa shape index (κ1) is 19.2. The number of carbonyl (C=O) groups is 1. The van der Waals surface area contributed by atoms with Gasteiger partial charge in [0.25, 0.3) is 5.91 Å². The molecule has 6 nitrogen and oxygen atoms in total. The van der Waals surface area contributed by atoms with Crippen molar-refractivity contribution in [3.63, 3.8) is 0 Å². The first-order valence-corrected chi connectivity index (χ1v) is 9.84. The first-order chi connectivity index (χ1) is 14.1. The van der Waals surface area contributed by atoms with Gasteiger partial charge in [-0.1, -0.05) is 29.8 Å². The van der Waals surface area contributed by atoms with Crippen LogP contribution in [0.3, 0.4) is 0 Å². The van der Waals surface area contributed by atoms with Crippen molar-refractivity contribution in [1.29, 1.82) is 0 Å². The molecule has 0 unspecified atom stereocenters. The first-order valence-electron chi connectivity index (χ1n) is 9.46. The molecule has 2 aromatic carbocycles. The molecule has 1 aromatic heterocycles. The lowest BCUT2D eigenvalue weighted by Gasteiger charge is -2.40. The molecular weight excluding hydrogens is 388 g/mol. The van der Waals surface area contributed by atoms with Crippen LogP contribution in [-0.2, 0) is 0 Å². The minimum absolute atomic E-state index is 0.0182. The third kappa shape index (κ3) is 4.49. The molecule has 1 fully saturated rings. The molecule has 2 heterocycles. The Hall–Kier alpha value is -3.12. The number of anilines is 1. The lowest BCUT2D eigenvalue weighted by Crippen LogP contribution is -2.54. The second-order valence-electron chi connectivity index (χ2n) is 6.93. The van der Waals surface area contributed by atoms with E-state index in [1.54, 1.807) is 24.3 Å². The van der Waals surface area contributed by atoms with E-state index in [0.29, 0.717) is 36.1 Å². The van der Waals surface area contributed by atoms with E-state index in [0.717, 1.165) is 11.6 Å². The van der Waals surface area contributed by atoms with Gasteiger partial charge in [0.15, 0.2) is 0 Å². The number of piperazine rings is 1. The summed E-state index contributed by atoms with van der Waals surface area (Å²) in [5.74, 6) is 2.03. The highest BCUT2D eigenvalue weighted by Crippen LogP contribution is 2.24. The monoisotopic (exact) mass is 408 g/mol. The maximum absolute atomic E-state index is 12.8. The lowest BCUT2D eigenvalue weighted by molar-refractivity contribution is 0.0673. The number of rotatable bonds is 4. The molecule has 1 saturated heterocycles. The van der Waals surface area contributed by atoms with E-state index in [2.05, 4.69) is 14.9 Å². The fraction of sp³-hybridized carbons (Fsp3) is 0.227. The van der Waals surface area contributed by atoms with E-state index >= 15 is 0 Å². The van der Waals surface area contributed by atoms with E-state index in [4.69, 9.17) is 16.3 Å². The zero-order chi connectivity index (χ0) is 20.2. The van der Waals surface area contributed by atoms with Gasteiger partial charge in [-0.25, -0.2) is 9.97 Å². The standard InChI is InChI=1S/C22H21ClN4O2/c1-16-14-26(11-12-27(16)22(28)17-7-9-18(23)10-8-17)20-13-21(25-15-24-20)29-19-5-3-2-4-6-19/h2-10,13,15-16H,11-12,14H2,1H3/t16-/m0/s1. The summed E-state index contributed by atoms with van der Waals surface area (Å²) in [6.07, 6.45) is 1.50. The average molecular weight is 409 g/mol. The molecule has 1 aliphatic rings. The summed E-state index contributed by atoms with van der Waals surface area (Å²) in [6.45, 7) is 4.02. The Morgan fingerprint density at radius 3 is 2.55 bits per heavy atom. The highest BCUT2D eigenvalue weighted by atomic mass is 35.5. The summed E-state index contributed by atoms with van der Waals surface area (Å²) in [7, 11) is 0. The molecule has 1 amide bonds. The van der Waals surface area contributed by atoms with Gasteiger partial charge in [0, 0.05) is 42.3 Å². The third-order valence-electron chi connectivity index (χ3n) is 4.90. The minimum Gasteiger partial charge on any atom is -0.439 e. The SMILES string of the molecule is C[C@H]1CN(c2cc(Oc3ccccc3)ncn2)CCN1C(=O)c1ccc(Cl)cc1. The minimum atomic E-state index is 0.0182. The number of para-hydroxylation sites is 1. The van der Waals surface area contributed by atoms with Gasteiger partial charge in [-0.3, -0.25) is 4.79 Å². The molecule has 7 heteroatoms. The normalized spacial score (nSPS) is 16.6. The second-order valence-corrected chi connectivity index (χ2v) is 7.37. The molecule has 0 saturated carbocycles. The molecule has 0 N–H and O–H groups in total. The largest absolute Gasteiger partial charge is 0.439 e. The van der Waals surface area contributed by atoms with Crippen molar-refractivity contribution in [2.24, 2.45) is 0 Å². The predicted molar refractivity (Wildman–Crippen MR) is 113 cm³/mol. The summed E-state index contributed by atoms with van der Waals surface area (Å²) < 4.78 is 5.81. The Morgan fingerprint density at radius 1 is 1.07 bits per heavy atom. The van der Waals surface area contributed by atoms with Crippen molar-refractivity contribution in [3.05, 3.63) is 77.6 Å². The van der Waals surface area contributed by atoms with Gasteiger partial charge in [-0.05, 0) is 43.3 Å². The lowest BCUT2D eigenvalue weighted by atomic mass is 10.1. The number of hydrogen-bond acceptors (Lipinski definition) is 5. The number of aromatic nitrogens is 2. The smallest absolute Gasteiger partial charge is 0.254 e. The molecule has 0 bridgehead atoms. The van der Waals surface area contributed by atoms with Gasteiger partial charge in [0.1, 0.15) is 17.9 Å². The van der Waals surface area contributed by atoms with Crippen LogP contribution >= 0.6 is 11.6 Å². The van der Waals surface area contributed by atoms with Gasteiger partial charge in [-0.2, -0.15) is 0 Å². The van der Waals surface area contributed by atoms with Crippen molar-refractivity contribution in [2.75, 3.05) is 24.5 Å². The van der Waals surface area contributed by atoms with Crippen LogP contribution in [0.2, 0.25) is 5.02 Å². The Bertz CT molecular complexity index is 982. The van der Waals surface area contributed by atoms with E-state index in [1.165, 1.54) is 6.33 Å². The Morgan fingerprint density at radius 2 is 1.83 bits per heavy atom. The summed E-state index contributed by atoms with van der Waals surface area (Å²) >= 11 is 5.93. The van der Waals surface area contributed by atoms with Crippen LogP contribution in [-0.4, -0.2) is 46.5 Å². The van der Waals surface area contributed by atoms with Crippen LogP contribution in [0.1, 0.15) is 17.3 Å². The van der Waals surface area contributed by atoms with E-state index in [1.807, 2.05) is 48.2 Å². The Balaban J connectivity index is 1.44. The Labute approximate surface area is 174 Å². The van der Waals surface area contributed by atoms with E-state index in [-0.39, 0.29) is 11.9 Å². The van der Waals surface area contributed by atoms with Crippen molar-refractivity contribution in [1.82, 2.24) is 14.9 Å². The van der Waals surface area contributed by atoms with Gasteiger partial charge in [0.2, 0.25) is 5.88 Å². The highest BCUT2D eigenvalue weighted by Gasteiger charge is 2.29. The third-order valence-corrected chi connectivity index (χ3v) is 5.15. The molecule has 0 spiro atoms. The van der Waals surface area contributed by atoms with Crippen molar-refractivity contribution >= 4 is 23.3 Å². The maximum atomic E-state index is 12.8. The zero-order valence-corrected chi connectivity index (χ0v) is 16.8. The number of halogens is 1. The summed E-state index contributed by atoms with van der Waals surface area (Å²) in [6, 6.07) is 18.4. The molecule has 148 valence electrons.